The molecule has 1 amide bonds. The van der Waals surface area contributed by atoms with Gasteiger partial charge in [0.05, 0.1) is 20.3 Å². The molecule has 23 heavy (non-hydrogen) atoms. The Morgan fingerprint density at radius 1 is 1.22 bits per heavy atom. The quantitative estimate of drug-likeness (QED) is 0.500. The van der Waals surface area contributed by atoms with Crippen LogP contribution >= 0.6 is 0 Å². The third kappa shape index (κ3) is 6.46. The molecule has 1 aromatic rings. The summed E-state index contributed by atoms with van der Waals surface area (Å²) in [5, 5.41) is 8.86. The number of nitrogens with zero attached hydrogens (tertiary/aromatic N) is 1. The summed E-state index contributed by atoms with van der Waals surface area (Å²) in [4.78, 5) is 15.7. The van der Waals surface area contributed by atoms with Crippen LogP contribution in [0.3, 0.4) is 0 Å². The van der Waals surface area contributed by atoms with Crippen molar-refractivity contribution in [2.45, 2.75) is 20.3 Å². The van der Waals surface area contributed by atoms with Crippen molar-refractivity contribution in [3.63, 3.8) is 0 Å². The van der Waals surface area contributed by atoms with Crippen LogP contribution in [0.5, 0.6) is 11.5 Å². The number of guanidine groups is 1. The first-order valence-corrected chi connectivity index (χ1v) is 7.69. The van der Waals surface area contributed by atoms with Gasteiger partial charge in [0.2, 0.25) is 5.91 Å². The highest BCUT2D eigenvalue weighted by Gasteiger charge is 2.07. The Labute approximate surface area is 137 Å². The number of nitrogens with one attached hydrogen (secondary N) is 3. The summed E-state index contributed by atoms with van der Waals surface area (Å²) >= 11 is 0. The van der Waals surface area contributed by atoms with Crippen LogP contribution in [0.2, 0.25) is 0 Å². The average Bonchev–Trinajstić information content (AvgIpc) is 2.57. The van der Waals surface area contributed by atoms with Gasteiger partial charge < -0.3 is 25.4 Å². The summed E-state index contributed by atoms with van der Waals surface area (Å²) in [6, 6.07) is 5.50. The van der Waals surface area contributed by atoms with Gasteiger partial charge in [-0.3, -0.25) is 9.79 Å². The standard InChI is InChI=1S/C16H26N4O3/c1-5-9-18-15(21)11-19-16(17-3)20-12-7-8-13(23-6-2)14(10-12)22-4/h7-8,10H,5-6,9,11H2,1-4H3,(H,18,21)(H2,17,19,20). The number of carbonyl (C=O) groups excluding carboxylic acids is 1. The van der Waals surface area contributed by atoms with Crippen LogP contribution in [0.4, 0.5) is 5.69 Å². The Balaban J connectivity index is 2.63. The number of methoxy groups -OCH3 is 1. The third-order valence-electron chi connectivity index (χ3n) is 2.94. The fourth-order valence-corrected chi connectivity index (χ4v) is 1.83. The molecule has 1 rings (SSSR count). The van der Waals surface area contributed by atoms with E-state index in [1.807, 2.05) is 32.0 Å². The van der Waals surface area contributed by atoms with Crippen molar-refractivity contribution < 1.29 is 14.3 Å². The lowest BCUT2D eigenvalue weighted by Gasteiger charge is -2.14. The molecule has 0 aliphatic heterocycles. The zero-order valence-electron chi connectivity index (χ0n) is 14.2. The predicted octanol–water partition coefficient (Wildman–Crippen LogP) is 1.61. The van der Waals surface area contributed by atoms with Crippen LogP contribution in [0, 0.1) is 0 Å². The first kappa shape index (κ1) is 18.6. The molecule has 0 aliphatic carbocycles. The maximum absolute atomic E-state index is 11.6. The number of hydrogen-bond donors (Lipinski definition) is 3. The van der Waals surface area contributed by atoms with E-state index in [1.54, 1.807) is 14.2 Å². The van der Waals surface area contributed by atoms with Gasteiger partial charge in [0.15, 0.2) is 17.5 Å². The Hall–Kier alpha value is -2.44. The van der Waals surface area contributed by atoms with E-state index >= 15 is 0 Å². The van der Waals surface area contributed by atoms with E-state index in [0.717, 1.165) is 12.1 Å². The van der Waals surface area contributed by atoms with Crippen molar-refractivity contribution in [1.29, 1.82) is 0 Å². The second-order valence-electron chi connectivity index (χ2n) is 4.70. The Bertz CT molecular complexity index is 532. The molecule has 0 atom stereocenters. The molecule has 0 aromatic heterocycles. The van der Waals surface area contributed by atoms with Crippen molar-refractivity contribution >= 4 is 17.6 Å². The van der Waals surface area contributed by atoms with E-state index in [2.05, 4.69) is 20.9 Å². The van der Waals surface area contributed by atoms with E-state index < -0.39 is 0 Å². The van der Waals surface area contributed by atoms with Gasteiger partial charge in [-0.25, -0.2) is 0 Å². The second kappa shape index (κ2) is 10.3. The van der Waals surface area contributed by atoms with Crippen molar-refractivity contribution in [1.82, 2.24) is 10.6 Å². The number of ether oxygens (including phenoxy) is 2. The van der Waals surface area contributed by atoms with E-state index in [9.17, 15) is 4.79 Å². The van der Waals surface area contributed by atoms with E-state index in [4.69, 9.17) is 9.47 Å². The number of hydrogen-bond acceptors (Lipinski definition) is 4. The molecular formula is C16H26N4O3. The van der Waals surface area contributed by atoms with E-state index in [1.165, 1.54) is 0 Å². The lowest BCUT2D eigenvalue weighted by atomic mass is 10.2. The molecule has 3 N–H and O–H groups in total. The summed E-state index contributed by atoms with van der Waals surface area (Å²) < 4.78 is 10.8. The lowest BCUT2D eigenvalue weighted by molar-refractivity contribution is -0.119. The molecule has 7 nitrogen and oxygen atoms in total. The van der Waals surface area contributed by atoms with Gasteiger partial charge in [0.1, 0.15) is 0 Å². The minimum atomic E-state index is -0.0703. The number of carbonyl (C=O) groups is 1. The molecule has 7 heteroatoms. The smallest absolute Gasteiger partial charge is 0.239 e. The Morgan fingerprint density at radius 2 is 2.00 bits per heavy atom. The molecule has 0 saturated carbocycles. The Kier molecular flexibility index (Phi) is 8.34. The van der Waals surface area contributed by atoms with Gasteiger partial charge in [-0.2, -0.15) is 0 Å². The van der Waals surface area contributed by atoms with Gasteiger partial charge in [0, 0.05) is 25.3 Å². The van der Waals surface area contributed by atoms with Crippen LogP contribution in [0.25, 0.3) is 0 Å². The molecule has 0 radical (unpaired) electrons. The largest absolute Gasteiger partial charge is 0.493 e. The minimum Gasteiger partial charge on any atom is -0.493 e. The first-order valence-electron chi connectivity index (χ1n) is 7.69. The number of benzene rings is 1. The minimum absolute atomic E-state index is 0.0703. The van der Waals surface area contributed by atoms with Gasteiger partial charge in [0.25, 0.3) is 0 Å². The fraction of sp³-hybridized carbons (Fsp3) is 0.500. The van der Waals surface area contributed by atoms with E-state index in [0.29, 0.717) is 30.6 Å². The van der Waals surface area contributed by atoms with Gasteiger partial charge in [-0.1, -0.05) is 6.92 Å². The summed E-state index contributed by atoms with van der Waals surface area (Å²) in [7, 11) is 3.23. The highest BCUT2D eigenvalue weighted by atomic mass is 16.5. The SMILES string of the molecule is CCCNC(=O)CNC(=NC)Nc1ccc(OCC)c(OC)c1. The zero-order chi connectivity index (χ0) is 17.1. The van der Waals surface area contributed by atoms with Gasteiger partial charge in [-0.15, -0.1) is 0 Å². The van der Waals surface area contributed by atoms with Crippen LogP contribution in [0.1, 0.15) is 20.3 Å². The lowest BCUT2D eigenvalue weighted by Crippen LogP contribution is -2.40. The molecule has 128 valence electrons. The Morgan fingerprint density at radius 3 is 2.61 bits per heavy atom. The average molecular weight is 322 g/mol. The summed E-state index contributed by atoms with van der Waals surface area (Å²) in [5.74, 6) is 1.75. The van der Waals surface area contributed by atoms with Crippen molar-refractivity contribution in [2.24, 2.45) is 4.99 Å². The molecule has 0 unspecified atom stereocenters. The molecule has 1 aromatic carbocycles. The normalized spacial score (nSPS) is 10.9. The van der Waals surface area contributed by atoms with Gasteiger partial charge >= 0.3 is 0 Å². The monoisotopic (exact) mass is 322 g/mol. The number of aliphatic imine (C=N–C) groups is 1. The number of amides is 1. The van der Waals surface area contributed by atoms with Crippen LogP contribution in [-0.4, -0.2) is 45.7 Å². The van der Waals surface area contributed by atoms with Crippen LogP contribution in [-0.2, 0) is 4.79 Å². The molecule has 0 heterocycles. The molecule has 0 bridgehead atoms. The van der Waals surface area contributed by atoms with Crippen LogP contribution in [0.15, 0.2) is 23.2 Å². The number of rotatable bonds is 8. The topological polar surface area (TPSA) is 84.0 Å². The van der Waals surface area contributed by atoms with Crippen molar-refractivity contribution in [2.75, 3.05) is 39.2 Å². The third-order valence-corrected chi connectivity index (χ3v) is 2.94. The zero-order valence-corrected chi connectivity index (χ0v) is 14.2. The summed E-state index contributed by atoms with van der Waals surface area (Å²) in [6.07, 6.45) is 0.907. The molecular weight excluding hydrogens is 296 g/mol. The molecule has 0 saturated heterocycles. The first-order chi connectivity index (χ1) is 11.1. The van der Waals surface area contributed by atoms with Crippen LogP contribution < -0.4 is 25.4 Å². The predicted molar refractivity (Wildman–Crippen MR) is 92.4 cm³/mol. The highest BCUT2D eigenvalue weighted by molar-refractivity contribution is 5.96. The summed E-state index contributed by atoms with van der Waals surface area (Å²) in [5.41, 5.74) is 0.785. The summed E-state index contributed by atoms with van der Waals surface area (Å²) in [6.45, 7) is 5.32. The maximum atomic E-state index is 11.6. The van der Waals surface area contributed by atoms with Gasteiger partial charge in [-0.05, 0) is 25.5 Å². The number of anilines is 1. The van der Waals surface area contributed by atoms with Crippen molar-refractivity contribution in [3.05, 3.63) is 18.2 Å². The highest BCUT2D eigenvalue weighted by Crippen LogP contribution is 2.30. The van der Waals surface area contributed by atoms with Crippen molar-refractivity contribution in [3.8, 4) is 11.5 Å². The molecule has 0 fully saturated rings. The fourth-order valence-electron chi connectivity index (χ4n) is 1.83. The maximum Gasteiger partial charge on any atom is 0.239 e. The van der Waals surface area contributed by atoms with E-state index in [-0.39, 0.29) is 12.5 Å². The second-order valence-corrected chi connectivity index (χ2v) is 4.70. The molecule has 0 aliphatic rings. The molecule has 0 spiro atoms.